The van der Waals surface area contributed by atoms with Crippen molar-refractivity contribution in [1.82, 2.24) is 14.7 Å². The number of para-hydroxylation sites is 1. The first-order valence-electron chi connectivity index (χ1n) is 11.1. The summed E-state index contributed by atoms with van der Waals surface area (Å²) in [6.07, 6.45) is 4.43. The molecule has 31 heavy (non-hydrogen) atoms. The molecule has 1 unspecified atom stereocenters. The Morgan fingerprint density at radius 2 is 1.90 bits per heavy atom. The van der Waals surface area contributed by atoms with E-state index >= 15 is 0 Å². The second kappa shape index (κ2) is 9.38. The smallest absolute Gasteiger partial charge is 0.227 e. The van der Waals surface area contributed by atoms with E-state index in [9.17, 15) is 4.79 Å². The summed E-state index contributed by atoms with van der Waals surface area (Å²) in [6.45, 7) is 8.10. The third-order valence-electron chi connectivity index (χ3n) is 5.73. The van der Waals surface area contributed by atoms with Gasteiger partial charge < -0.3 is 9.64 Å². The van der Waals surface area contributed by atoms with Gasteiger partial charge in [-0.05, 0) is 61.1 Å². The number of likely N-dealkylation sites (tertiary alicyclic amines) is 1. The Balaban J connectivity index is 1.39. The van der Waals surface area contributed by atoms with E-state index in [1.54, 1.807) is 0 Å². The van der Waals surface area contributed by atoms with E-state index in [2.05, 4.69) is 19.9 Å². The Kier molecular flexibility index (Phi) is 6.40. The van der Waals surface area contributed by atoms with Gasteiger partial charge in [-0.2, -0.15) is 5.10 Å². The van der Waals surface area contributed by atoms with Crippen LogP contribution >= 0.6 is 0 Å². The van der Waals surface area contributed by atoms with Crippen LogP contribution in [-0.2, 0) is 17.8 Å². The number of rotatable bonds is 7. The molecule has 1 aliphatic rings. The number of ether oxygens (including phenoxy) is 1. The number of carbonyl (C=O) groups excluding carboxylic acids is 1. The monoisotopic (exact) mass is 417 g/mol. The lowest BCUT2D eigenvalue weighted by molar-refractivity contribution is -0.131. The molecule has 0 saturated carbocycles. The quantitative estimate of drug-likeness (QED) is 0.507. The zero-order valence-electron chi connectivity index (χ0n) is 18.6. The Morgan fingerprint density at radius 3 is 2.65 bits per heavy atom. The summed E-state index contributed by atoms with van der Waals surface area (Å²) in [5.41, 5.74) is 3.10. The zero-order valence-corrected chi connectivity index (χ0v) is 18.6. The molecule has 2 aromatic carbocycles. The minimum atomic E-state index is 0.0876. The van der Waals surface area contributed by atoms with E-state index in [1.807, 2.05) is 71.2 Å². The van der Waals surface area contributed by atoms with Crippen molar-refractivity contribution in [3.63, 3.8) is 0 Å². The second-order valence-corrected chi connectivity index (χ2v) is 8.79. The normalized spacial score (nSPS) is 16.1. The van der Waals surface area contributed by atoms with Crippen molar-refractivity contribution in [2.24, 2.45) is 5.92 Å². The third-order valence-corrected chi connectivity index (χ3v) is 5.73. The molecule has 0 radical (unpaired) electrons. The summed E-state index contributed by atoms with van der Waals surface area (Å²) in [5, 5.41) is 4.74. The molecule has 5 heteroatoms. The number of nitrogens with zero attached hydrogens (tertiary/aromatic N) is 3. The lowest BCUT2D eigenvalue weighted by Gasteiger charge is -2.23. The van der Waals surface area contributed by atoms with E-state index < -0.39 is 0 Å². The summed E-state index contributed by atoms with van der Waals surface area (Å²) < 4.78 is 7.96. The van der Waals surface area contributed by atoms with Crippen molar-refractivity contribution in [3.05, 3.63) is 77.6 Å². The van der Waals surface area contributed by atoms with Crippen molar-refractivity contribution >= 4 is 5.91 Å². The molecule has 0 aliphatic carbocycles. The third kappa shape index (κ3) is 5.16. The molecule has 5 nitrogen and oxygen atoms in total. The summed E-state index contributed by atoms with van der Waals surface area (Å²) in [4.78, 5) is 15.1. The lowest BCUT2D eigenvalue weighted by atomic mass is 10.1. The van der Waals surface area contributed by atoms with E-state index in [4.69, 9.17) is 9.84 Å². The highest BCUT2D eigenvalue weighted by Crippen LogP contribution is 2.32. The molecular formula is C26H31N3O2. The first kappa shape index (κ1) is 21.2. The summed E-state index contributed by atoms with van der Waals surface area (Å²) in [5.74, 6) is 2.34. The van der Waals surface area contributed by atoms with Gasteiger partial charge in [-0.1, -0.05) is 44.2 Å². The van der Waals surface area contributed by atoms with Crippen LogP contribution in [-0.4, -0.2) is 27.1 Å². The van der Waals surface area contributed by atoms with Crippen molar-refractivity contribution in [3.8, 4) is 11.5 Å². The number of benzene rings is 2. The van der Waals surface area contributed by atoms with Gasteiger partial charge in [0.1, 0.15) is 11.5 Å². The number of amides is 1. The average Bonchev–Trinajstić information content (AvgIpc) is 3.40. The van der Waals surface area contributed by atoms with Crippen LogP contribution in [0.15, 0.2) is 60.8 Å². The van der Waals surface area contributed by atoms with Crippen LogP contribution < -0.4 is 4.74 Å². The molecule has 162 valence electrons. The fourth-order valence-electron chi connectivity index (χ4n) is 4.15. The van der Waals surface area contributed by atoms with Gasteiger partial charge in [-0.3, -0.25) is 9.48 Å². The largest absolute Gasteiger partial charge is 0.457 e. The summed E-state index contributed by atoms with van der Waals surface area (Å²) >= 11 is 0. The summed E-state index contributed by atoms with van der Waals surface area (Å²) in [6, 6.07) is 17.9. The lowest BCUT2D eigenvalue weighted by Crippen LogP contribution is -2.32. The van der Waals surface area contributed by atoms with Crippen LogP contribution in [0.25, 0.3) is 0 Å². The SMILES string of the molecule is Cc1ccccc1Oc1ccc(CC(=O)N2CCCC2c2ccn(CC(C)C)n2)cc1. The van der Waals surface area contributed by atoms with Crippen molar-refractivity contribution < 1.29 is 9.53 Å². The fraction of sp³-hybridized carbons (Fsp3) is 0.385. The average molecular weight is 418 g/mol. The first-order chi connectivity index (χ1) is 15.0. The fourth-order valence-corrected chi connectivity index (χ4v) is 4.15. The molecule has 0 spiro atoms. The van der Waals surface area contributed by atoms with Gasteiger partial charge in [-0.15, -0.1) is 0 Å². The number of carbonyl (C=O) groups is 1. The highest BCUT2D eigenvalue weighted by Gasteiger charge is 2.31. The number of hydrogen-bond acceptors (Lipinski definition) is 3. The van der Waals surface area contributed by atoms with Crippen LogP contribution in [0.5, 0.6) is 11.5 Å². The van der Waals surface area contributed by atoms with Gasteiger partial charge in [0.2, 0.25) is 5.91 Å². The van der Waals surface area contributed by atoms with Crippen molar-refractivity contribution in [2.75, 3.05) is 6.54 Å². The maximum Gasteiger partial charge on any atom is 0.227 e. The molecule has 2 heterocycles. The van der Waals surface area contributed by atoms with Crippen molar-refractivity contribution in [1.29, 1.82) is 0 Å². The highest BCUT2D eigenvalue weighted by atomic mass is 16.5. The predicted octanol–water partition coefficient (Wildman–Crippen LogP) is 5.55. The number of aryl methyl sites for hydroxylation is 1. The molecular weight excluding hydrogens is 386 g/mol. The van der Waals surface area contributed by atoms with Gasteiger partial charge in [-0.25, -0.2) is 0 Å². The van der Waals surface area contributed by atoms with Crippen LogP contribution in [0, 0.1) is 12.8 Å². The molecule has 1 saturated heterocycles. The van der Waals surface area contributed by atoms with Crippen LogP contribution in [0.2, 0.25) is 0 Å². The molecule has 3 aromatic rings. The van der Waals surface area contributed by atoms with Gasteiger partial charge in [0.05, 0.1) is 18.2 Å². The minimum absolute atomic E-state index is 0.0876. The second-order valence-electron chi connectivity index (χ2n) is 8.79. The molecule has 4 rings (SSSR count). The molecule has 1 fully saturated rings. The van der Waals surface area contributed by atoms with Crippen LogP contribution in [0.3, 0.4) is 0 Å². The molecule has 1 amide bonds. The van der Waals surface area contributed by atoms with Crippen molar-refractivity contribution in [2.45, 2.75) is 52.6 Å². The minimum Gasteiger partial charge on any atom is -0.457 e. The van der Waals surface area contributed by atoms with Gasteiger partial charge >= 0.3 is 0 Å². The Morgan fingerprint density at radius 1 is 1.13 bits per heavy atom. The van der Waals surface area contributed by atoms with E-state index in [1.165, 1.54) is 0 Å². The Hall–Kier alpha value is -3.08. The number of hydrogen-bond donors (Lipinski definition) is 0. The Labute approximate surface area is 184 Å². The number of aromatic nitrogens is 2. The van der Waals surface area contributed by atoms with E-state index in [0.29, 0.717) is 12.3 Å². The highest BCUT2D eigenvalue weighted by molar-refractivity contribution is 5.79. The zero-order chi connectivity index (χ0) is 21.8. The topological polar surface area (TPSA) is 47.4 Å². The van der Waals surface area contributed by atoms with Gasteiger partial charge in [0.25, 0.3) is 0 Å². The predicted molar refractivity (Wildman–Crippen MR) is 122 cm³/mol. The summed E-state index contributed by atoms with van der Waals surface area (Å²) in [7, 11) is 0. The van der Waals surface area contributed by atoms with Crippen LogP contribution in [0.1, 0.15) is 49.6 Å². The maximum atomic E-state index is 13.1. The van der Waals surface area contributed by atoms with Gasteiger partial charge in [0.15, 0.2) is 0 Å². The maximum absolute atomic E-state index is 13.1. The Bertz CT molecular complexity index is 1020. The molecule has 0 bridgehead atoms. The van der Waals surface area contributed by atoms with E-state index in [0.717, 1.165) is 54.3 Å². The first-order valence-corrected chi connectivity index (χ1v) is 11.1. The van der Waals surface area contributed by atoms with E-state index in [-0.39, 0.29) is 11.9 Å². The molecule has 0 N–H and O–H groups in total. The molecule has 1 aliphatic heterocycles. The van der Waals surface area contributed by atoms with Gasteiger partial charge in [0, 0.05) is 19.3 Å². The molecule has 1 aromatic heterocycles. The molecule has 1 atom stereocenters. The van der Waals surface area contributed by atoms with Crippen LogP contribution in [0.4, 0.5) is 0 Å². The standard InChI is InChI=1S/C26H31N3O2/c1-19(2)18-28-16-14-23(27-28)24-8-6-15-29(24)26(30)17-21-10-12-22(13-11-21)31-25-9-5-4-7-20(25)3/h4-5,7,9-14,16,19,24H,6,8,15,17-18H2,1-3H3.